The molecule has 2 aromatic heterocycles. The van der Waals surface area contributed by atoms with Gasteiger partial charge >= 0.3 is 0 Å². The number of H-pyrrole nitrogens is 1. The van der Waals surface area contributed by atoms with Gasteiger partial charge in [-0.3, -0.25) is 5.10 Å². The van der Waals surface area contributed by atoms with E-state index in [0.29, 0.717) is 10.7 Å². The van der Waals surface area contributed by atoms with Gasteiger partial charge in [0.25, 0.3) is 0 Å². The highest BCUT2D eigenvalue weighted by Crippen LogP contribution is 2.47. The molecular weight excluding hydrogens is 260 g/mol. The predicted molar refractivity (Wildman–Crippen MR) is 79.8 cm³/mol. The Morgan fingerprint density at radius 1 is 1.37 bits per heavy atom. The molecule has 19 heavy (non-hydrogen) atoms. The highest BCUT2D eigenvalue weighted by Gasteiger charge is 2.41. The second-order valence-electron chi connectivity index (χ2n) is 4.80. The van der Waals surface area contributed by atoms with Crippen molar-refractivity contribution in [3.05, 3.63) is 6.20 Å². The summed E-state index contributed by atoms with van der Waals surface area (Å²) in [5.74, 6) is 1.49. The van der Waals surface area contributed by atoms with Gasteiger partial charge in [-0.25, -0.2) is 0 Å². The molecule has 0 saturated heterocycles. The maximum atomic E-state index is 4.53. The van der Waals surface area contributed by atoms with Crippen LogP contribution in [0.1, 0.15) is 19.8 Å². The van der Waals surface area contributed by atoms with Crippen molar-refractivity contribution in [2.45, 2.75) is 24.5 Å². The van der Waals surface area contributed by atoms with E-state index < -0.39 is 0 Å². The first-order valence-electron chi connectivity index (χ1n) is 6.50. The number of nitrogens with zero attached hydrogens (tertiary/aromatic N) is 3. The van der Waals surface area contributed by atoms with E-state index in [1.807, 2.05) is 18.7 Å². The molecular formula is C12H18N6S. The van der Waals surface area contributed by atoms with Crippen molar-refractivity contribution < 1.29 is 0 Å². The Kier molecular flexibility index (Phi) is 3.22. The van der Waals surface area contributed by atoms with Crippen LogP contribution in [-0.4, -0.2) is 44.3 Å². The van der Waals surface area contributed by atoms with Crippen LogP contribution >= 0.6 is 11.8 Å². The molecule has 2 heterocycles. The monoisotopic (exact) mass is 278 g/mol. The minimum absolute atomic E-state index is 0.402. The summed E-state index contributed by atoms with van der Waals surface area (Å²) < 4.78 is 0.402. The zero-order valence-corrected chi connectivity index (χ0v) is 12.0. The van der Waals surface area contributed by atoms with E-state index in [1.165, 1.54) is 12.8 Å². The number of aromatic amines is 1. The second-order valence-corrected chi connectivity index (χ2v) is 6.07. The fourth-order valence-corrected chi connectivity index (χ4v) is 2.77. The Morgan fingerprint density at radius 2 is 2.21 bits per heavy atom. The number of hydrogen-bond acceptors (Lipinski definition) is 6. The number of anilines is 2. The average Bonchev–Trinajstić information content (AvgIpc) is 3.05. The first kappa shape index (κ1) is 12.5. The zero-order chi connectivity index (χ0) is 13.3. The quantitative estimate of drug-likeness (QED) is 0.751. The molecule has 0 radical (unpaired) electrons. The van der Waals surface area contributed by atoms with Gasteiger partial charge in [-0.2, -0.15) is 26.8 Å². The lowest BCUT2D eigenvalue weighted by molar-refractivity contribution is 0.940. The molecule has 1 aliphatic carbocycles. The minimum atomic E-state index is 0.402. The Hall–Kier alpha value is -1.50. The Morgan fingerprint density at radius 3 is 2.89 bits per heavy atom. The van der Waals surface area contributed by atoms with E-state index in [1.54, 1.807) is 6.20 Å². The number of nitrogens with one attached hydrogen (secondary N) is 3. The molecule has 0 unspecified atom stereocenters. The van der Waals surface area contributed by atoms with Crippen molar-refractivity contribution in [1.29, 1.82) is 0 Å². The van der Waals surface area contributed by atoms with Crippen LogP contribution in [0.25, 0.3) is 11.0 Å². The normalized spacial score (nSPS) is 16.5. The fraction of sp³-hybridized carbons (Fsp3) is 0.583. The van der Waals surface area contributed by atoms with E-state index in [-0.39, 0.29) is 0 Å². The molecule has 7 heteroatoms. The molecule has 3 rings (SSSR count). The Balaban J connectivity index is 1.85. The molecule has 0 bridgehead atoms. The number of fused-ring (bicyclic) bond motifs is 1. The van der Waals surface area contributed by atoms with Crippen molar-refractivity contribution in [2.24, 2.45) is 0 Å². The lowest BCUT2D eigenvalue weighted by Gasteiger charge is -2.14. The summed E-state index contributed by atoms with van der Waals surface area (Å²) in [4.78, 5) is 8.91. The van der Waals surface area contributed by atoms with Crippen LogP contribution in [0.3, 0.4) is 0 Å². The highest BCUT2D eigenvalue weighted by atomic mass is 32.2. The van der Waals surface area contributed by atoms with E-state index >= 15 is 0 Å². The van der Waals surface area contributed by atoms with Crippen LogP contribution in [0.5, 0.6) is 0 Å². The molecule has 1 aliphatic rings. The molecule has 3 N–H and O–H groups in total. The third-order valence-corrected chi connectivity index (χ3v) is 4.88. The fourth-order valence-electron chi connectivity index (χ4n) is 2.04. The van der Waals surface area contributed by atoms with E-state index in [9.17, 15) is 0 Å². The third kappa shape index (κ3) is 2.47. The number of aromatic nitrogens is 4. The molecule has 0 aliphatic heterocycles. The van der Waals surface area contributed by atoms with Crippen LogP contribution in [0.15, 0.2) is 6.20 Å². The first-order chi connectivity index (χ1) is 9.26. The molecule has 0 aromatic carbocycles. The standard InChI is InChI=1S/C12H18N6S/c1-3-13-11-16-9(8-6-15-18-10(8)17-11)14-7-12(19-2)4-5-12/h6H,3-5,7H2,1-2H3,(H3,13,14,15,16,17,18). The van der Waals surface area contributed by atoms with Gasteiger partial charge in [-0.1, -0.05) is 0 Å². The maximum absolute atomic E-state index is 4.53. The molecule has 1 fully saturated rings. The van der Waals surface area contributed by atoms with Gasteiger partial charge in [0, 0.05) is 17.8 Å². The zero-order valence-electron chi connectivity index (χ0n) is 11.2. The molecule has 0 atom stereocenters. The summed E-state index contributed by atoms with van der Waals surface area (Å²) in [7, 11) is 0. The average molecular weight is 278 g/mol. The number of hydrogen-bond donors (Lipinski definition) is 3. The van der Waals surface area contributed by atoms with Crippen LogP contribution in [0.4, 0.5) is 11.8 Å². The van der Waals surface area contributed by atoms with Crippen LogP contribution in [0.2, 0.25) is 0 Å². The number of rotatable bonds is 6. The van der Waals surface area contributed by atoms with Gasteiger partial charge in [-0.15, -0.1) is 0 Å². The number of thioether (sulfide) groups is 1. The molecule has 1 saturated carbocycles. The van der Waals surface area contributed by atoms with Crippen molar-refractivity contribution in [1.82, 2.24) is 20.2 Å². The summed E-state index contributed by atoms with van der Waals surface area (Å²) in [5, 5.41) is 14.5. The van der Waals surface area contributed by atoms with Gasteiger partial charge in [-0.05, 0) is 26.0 Å². The summed E-state index contributed by atoms with van der Waals surface area (Å²) in [6.45, 7) is 3.77. The first-order valence-corrected chi connectivity index (χ1v) is 7.73. The smallest absolute Gasteiger partial charge is 0.226 e. The Bertz CT molecular complexity index is 577. The van der Waals surface area contributed by atoms with Crippen molar-refractivity contribution >= 4 is 34.6 Å². The summed E-state index contributed by atoms with van der Waals surface area (Å²) >= 11 is 1.93. The van der Waals surface area contributed by atoms with Gasteiger partial charge in [0.15, 0.2) is 5.65 Å². The lowest BCUT2D eigenvalue weighted by atomic mass is 10.3. The molecule has 6 nitrogen and oxygen atoms in total. The van der Waals surface area contributed by atoms with Gasteiger partial charge < -0.3 is 10.6 Å². The van der Waals surface area contributed by atoms with E-state index in [2.05, 4.69) is 37.1 Å². The van der Waals surface area contributed by atoms with Crippen LogP contribution in [0, 0.1) is 0 Å². The van der Waals surface area contributed by atoms with Crippen molar-refractivity contribution in [3.8, 4) is 0 Å². The largest absolute Gasteiger partial charge is 0.368 e. The highest BCUT2D eigenvalue weighted by molar-refractivity contribution is 8.00. The third-order valence-electron chi connectivity index (χ3n) is 3.46. The maximum Gasteiger partial charge on any atom is 0.226 e. The molecule has 0 spiro atoms. The van der Waals surface area contributed by atoms with Crippen molar-refractivity contribution in [3.63, 3.8) is 0 Å². The summed E-state index contributed by atoms with van der Waals surface area (Å²) in [6.07, 6.45) is 6.50. The van der Waals surface area contributed by atoms with Gasteiger partial charge in [0.1, 0.15) is 5.82 Å². The van der Waals surface area contributed by atoms with Gasteiger partial charge in [0.05, 0.1) is 11.6 Å². The predicted octanol–water partition coefficient (Wildman–Crippen LogP) is 2.09. The Labute approximate surface area is 116 Å². The lowest BCUT2D eigenvalue weighted by Crippen LogP contribution is -2.18. The summed E-state index contributed by atoms with van der Waals surface area (Å²) in [6, 6.07) is 0. The molecule has 0 amide bonds. The SMILES string of the molecule is CCNc1nc(NCC2(SC)CC2)c2cn[nH]c2n1. The summed E-state index contributed by atoms with van der Waals surface area (Å²) in [5.41, 5.74) is 0.766. The van der Waals surface area contributed by atoms with Gasteiger partial charge in [0.2, 0.25) is 5.95 Å². The van der Waals surface area contributed by atoms with Crippen LogP contribution in [-0.2, 0) is 0 Å². The molecule has 102 valence electrons. The topological polar surface area (TPSA) is 78.5 Å². The van der Waals surface area contributed by atoms with E-state index in [4.69, 9.17) is 0 Å². The van der Waals surface area contributed by atoms with E-state index in [0.717, 1.165) is 29.9 Å². The second kappa shape index (κ2) is 4.88. The van der Waals surface area contributed by atoms with Crippen molar-refractivity contribution in [2.75, 3.05) is 30.0 Å². The van der Waals surface area contributed by atoms with Crippen LogP contribution < -0.4 is 10.6 Å². The minimum Gasteiger partial charge on any atom is -0.368 e. The molecule has 2 aromatic rings.